The minimum atomic E-state index is 0.138. The van der Waals surface area contributed by atoms with Gasteiger partial charge in [-0.15, -0.1) is 0 Å². The molecule has 1 aromatic carbocycles. The molecule has 1 unspecified atom stereocenters. The Hall–Kier alpha value is -1.48. The van der Waals surface area contributed by atoms with Crippen LogP contribution in [0, 0.1) is 0 Å². The maximum Gasteiger partial charge on any atom is 0.383 e. The fraction of sp³-hybridized carbons (Fsp3) is 0.375. The zero-order chi connectivity index (χ0) is 13.6. The number of fused-ring (bicyclic) bond motifs is 1. The van der Waals surface area contributed by atoms with Crippen LogP contribution in [0.2, 0.25) is 0 Å². The van der Waals surface area contributed by atoms with E-state index in [-0.39, 0.29) is 5.54 Å². The van der Waals surface area contributed by atoms with Gasteiger partial charge in [-0.3, -0.25) is 0 Å². The first-order valence-electron chi connectivity index (χ1n) is 7.00. The maximum atomic E-state index is 2.59. The fourth-order valence-electron chi connectivity index (χ4n) is 3.37. The van der Waals surface area contributed by atoms with E-state index in [4.69, 9.17) is 0 Å². The van der Waals surface area contributed by atoms with Gasteiger partial charge in [-0.2, -0.15) is 0 Å². The van der Waals surface area contributed by atoms with Crippen molar-refractivity contribution >= 4 is 12.4 Å². The average molecular weight is 252 g/mol. The minimum Gasteiger partial charge on any atom is -0.375 e. The summed E-state index contributed by atoms with van der Waals surface area (Å²) in [6.45, 7) is 9.50. The van der Waals surface area contributed by atoms with Gasteiger partial charge in [0.15, 0.2) is 0 Å². The van der Waals surface area contributed by atoms with Crippen molar-refractivity contribution in [2.75, 3.05) is 0 Å². The van der Waals surface area contributed by atoms with E-state index in [2.05, 4.69) is 85.6 Å². The van der Waals surface area contributed by atoms with Crippen molar-refractivity contribution in [1.29, 1.82) is 0 Å². The van der Waals surface area contributed by atoms with Crippen molar-refractivity contribution in [2.24, 2.45) is 0 Å². The fourth-order valence-corrected chi connectivity index (χ4v) is 3.37. The van der Waals surface area contributed by atoms with Crippen molar-refractivity contribution < 1.29 is 0 Å². The highest BCUT2D eigenvalue weighted by atomic mass is 15.3. The van der Waals surface area contributed by atoms with E-state index in [1.165, 1.54) is 11.2 Å². The van der Waals surface area contributed by atoms with E-state index in [0.29, 0.717) is 13.0 Å². The van der Waals surface area contributed by atoms with E-state index >= 15 is 0 Å². The van der Waals surface area contributed by atoms with Gasteiger partial charge in [-0.25, -0.2) is 0 Å². The highest BCUT2D eigenvalue weighted by Crippen LogP contribution is 2.35. The Balaban J connectivity index is 2.14. The molecule has 2 nitrogen and oxygen atoms in total. The standard InChI is InChI=1S/C16H21BN2/c1-13-15-11-8-12-18(15)17(19(13)16(2,3)4)14-9-6-5-7-10-14/h5-13H,1-4H3. The summed E-state index contributed by atoms with van der Waals surface area (Å²) in [5.41, 5.74) is 2.90. The summed E-state index contributed by atoms with van der Waals surface area (Å²) in [5.74, 6) is 0. The van der Waals surface area contributed by atoms with Crippen LogP contribution in [0.15, 0.2) is 48.7 Å². The van der Waals surface area contributed by atoms with Gasteiger partial charge in [0.05, 0.1) is 0 Å². The third kappa shape index (κ3) is 1.93. The molecule has 1 aliphatic heterocycles. The Morgan fingerprint density at radius 2 is 1.68 bits per heavy atom. The Labute approximate surface area is 116 Å². The predicted octanol–water partition coefficient (Wildman–Crippen LogP) is 2.91. The van der Waals surface area contributed by atoms with Crippen molar-refractivity contribution in [1.82, 2.24) is 9.29 Å². The normalized spacial score (nSPS) is 19.8. The van der Waals surface area contributed by atoms with Gasteiger partial charge >= 0.3 is 6.98 Å². The second-order valence-electron chi connectivity index (χ2n) is 6.38. The Kier molecular flexibility index (Phi) is 2.82. The lowest BCUT2D eigenvalue weighted by Crippen LogP contribution is -2.56. The second-order valence-corrected chi connectivity index (χ2v) is 6.38. The first-order valence-corrected chi connectivity index (χ1v) is 7.00. The van der Waals surface area contributed by atoms with Crippen LogP contribution in [0.4, 0.5) is 0 Å². The molecule has 0 spiro atoms. The van der Waals surface area contributed by atoms with Crippen LogP contribution in [-0.4, -0.2) is 21.8 Å². The molecule has 0 fully saturated rings. The molecule has 19 heavy (non-hydrogen) atoms. The Morgan fingerprint density at radius 3 is 2.32 bits per heavy atom. The van der Waals surface area contributed by atoms with Crippen LogP contribution in [0.5, 0.6) is 0 Å². The molecule has 0 amide bonds. The van der Waals surface area contributed by atoms with E-state index in [9.17, 15) is 0 Å². The smallest absolute Gasteiger partial charge is 0.375 e. The number of benzene rings is 1. The van der Waals surface area contributed by atoms with Gasteiger partial charge < -0.3 is 9.29 Å². The number of hydrogen-bond donors (Lipinski definition) is 0. The van der Waals surface area contributed by atoms with E-state index < -0.39 is 0 Å². The first kappa shape index (κ1) is 12.6. The zero-order valence-electron chi connectivity index (χ0n) is 12.2. The molecule has 2 aromatic rings. The Morgan fingerprint density at radius 1 is 1.00 bits per heavy atom. The zero-order valence-corrected chi connectivity index (χ0v) is 12.2. The maximum absolute atomic E-state index is 2.59. The van der Waals surface area contributed by atoms with Gasteiger partial charge in [-0.1, -0.05) is 30.3 Å². The summed E-state index contributed by atoms with van der Waals surface area (Å²) in [4.78, 5) is 2.59. The van der Waals surface area contributed by atoms with Crippen LogP contribution in [0.3, 0.4) is 0 Å². The number of nitrogens with zero attached hydrogens (tertiary/aromatic N) is 2. The molecule has 2 heterocycles. The van der Waals surface area contributed by atoms with Gasteiger partial charge in [0, 0.05) is 17.3 Å². The molecule has 0 radical (unpaired) electrons. The summed E-state index contributed by atoms with van der Waals surface area (Å²) < 4.78 is 2.41. The third-order valence-corrected chi connectivity index (χ3v) is 4.06. The van der Waals surface area contributed by atoms with E-state index in [0.717, 1.165) is 0 Å². The topological polar surface area (TPSA) is 8.17 Å². The lowest BCUT2D eigenvalue weighted by Gasteiger charge is -2.38. The lowest BCUT2D eigenvalue weighted by atomic mass is 9.64. The summed E-state index contributed by atoms with van der Waals surface area (Å²) in [6.07, 6.45) is 2.20. The molecular formula is C16H21BN2. The molecule has 1 aliphatic rings. The van der Waals surface area contributed by atoms with E-state index in [1.807, 2.05) is 0 Å². The predicted molar refractivity (Wildman–Crippen MR) is 81.7 cm³/mol. The van der Waals surface area contributed by atoms with Gasteiger partial charge in [0.2, 0.25) is 0 Å². The van der Waals surface area contributed by atoms with Crippen LogP contribution < -0.4 is 5.46 Å². The summed E-state index contributed by atoms with van der Waals surface area (Å²) in [5, 5.41) is 0. The molecule has 1 atom stereocenters. The Bertz CT molecular complexity index is 568. The number of aromatic nitrogens is 1. The molecule has 98 valence electrons. The van der Waals surface area contributed by atoms with Crippen LogP contribution in [0.1, 0.15) is 39.4 Å². The minimum absolute atomic E-state index is 0.138. The highest BCUT2D eigenvalue weighted by molar-refractivity contribution is 6.70. The van der Waals surface area contributed by atoms with Gasteiger partial charge in [-0.05, 0) is 51.5 Å². The highest BCUT2D eigenvalue weighted by Gasteiger charge is 2.45. The second kappa shape index (κ2) is 4.27. The molecule has 0 aliphatic carbocycles. The molecule has 0 saturated heterocycles. The van der Waals surface area contributed by atoms with Crippen molar-refractivity contribution in [3.63, 3.8) is 0 Å². The molecule has 0 N–H and O–H groups in total. The molecular weight excluding hydrogens is 231 g/mol. The van der Waals surface area contributed by atoms with Crippen LogP contribution in [0.25, 0.3) is 0 Å². The third-order valence-electron chi connectivity index (χ3n) is 4.06. The quantitative estimate of drug-likeness (QED) is 0.708. The van der Waals surface area contributed by atoms with Gasteiger partial charge in [0.1, 0.15) is 0 Å². The van der Waals surface area contributed by atoms with Crippen molar-refractivity contribution in [3.05, 3.63) is 54.4 Å². The molecule has 3 heteroatoms. The summed E-state index contributed by atoms with van der Waals surface area (Å²) >= 11 is 0. The summed E-state index contributed by atoms with van der Waals surface area (Å²) in [6, 6.07) is 15.6. The first-order chi connectivity index (χ1) is 9.00. The molecule has 1 aromatic heterocycles. The lowest BCUT2D eigenvalue weighted by molar-refractivity contribution is 0.208. The molecule has 3 rings (SSSR count). The van der Waals surface area contributed by atoms with Crippen LogP contribution in [-0.2, 0) is 0 Å². The number of rotatable bonds is 1. The SMILES string of the molecule is CC1c2cccn2B(c2ccccc2)N1C(C)(C)C. The summed E-state index contributed by atoms with van der Waals surface area (Å²) in [7, 11) is 0. The molecule has 0 bridgehead atoms. The van der Waals surface area contributed by atoms with Crippen LogP contribution >= 0.6 is 0 Å². The van der Waals surface area contributed by atoms with Crippen molar-refractivity contribution in [2.45, 2.75) is 39.3 Å². The van der Waals surface area contributed by atoms with E-state index in [1.54, 1.807) is 0 Å². The largest absolute Gasteiger partial charge is 0.383 e. The van der Waals surface area contributed by atoms with Crippen molar-refractivity contribution in [3.8, 4) is 0 Å². The number of hydrogen-bond acceptors (Lipinski definition) is 1. The molecule has 0 saturated carbocycles. The van der Waals surface area contributed by atoms with Gasteiger partial charge in [0.25, 0.3) is 0 Å². The average Bonchev–Trinajstić information content (AvgIpc) is 2.92. The monoisotopic (exact) mass is 252 g/mol.